The monoisotopic (exact) mass is 283 g/mol. The molecular formula is C15H29N3S. The molecule has 0 saturated heterocycles. The van der Waals surface area contributed by atoms with Crippen molar-refractivity contribution in [3.63, 3.8) is 0 Å². The van der Waals surface area contributed by atoms with Crippen LogP contribution < -0.4 is 10.2 Å². The second kappa shape index (κ2) is 7.85. The number of aromatic nitrogens is 1. The fraction of sp³-hybridized carbons (Fsp3) is 0.800. The first-order valence-electron chi connectivity index (χ1n) is 7.44. The van der Waals surface area contributed by atoms with Crippen LogP contribution in [0.5, 0.6) is 0 Å². The van der Waals surface area contributed by atoms with Crippen LogP contribution in [0, 0.1) is 5.92 Å². The minimum absolute atomic E-state index is 0.519. The Morgan fingerprint density at radius 3 is 2.26 bits per heavy atom. The highest BCUT2D eigenvalue weighted by Crippen LogP contribution is 2.28. The van der Waals surface area contributed by atoms with Crippen LogP contribution >= 0.6 is 11.3 Å². The standard InChI is InChI=1S/C15H29N3S/c1-7-18(8-2)15-17-13(9-11(3)4)14(19-15)10-16-12(5)6/h11-12,16H,7-10H2,1-6H3. The van der Waals surface area contributed by atoms with Crippen LogP contribution in [-0.4, -0.2) is 24.1 Å². The molecule has 0 spiro atoms. The molecule has 1 rings (SSSR count). The van der Waals surface area contributed by atoms with E-state index in [0.717, 1.165) is 26.1 Å². The molecule has 0 aliphatic carbocycles. The molecule has 0 atom stereocenters. The zero-order chi connectivity index (χ0) is 14.4. The molecule has 0 saturated carbocycles. The predicted molar refractivity (Wildman–Crippen MR) is 86.2 cm³/mol. The third kappa shape index (κ3) is 5.11. The smallest absolute Gasteiger partial charge is 0.185 e. The summed E-state index contributed by atoms with van der Waals surface area (Å²) in [6.45, 7) is 16.3. The molecule has 0 amide bonds. The van der Waals surface area contributed by atoms with E-state index in [0.29, 0.717) is 12.0 Å². The quantitative estimate of drug-likeness (QED) is 0.789. The Hall–Kier alpha value is -0.610. The zero-order valence-corrected chi connectivity index (χ0v) is 14.1. The molecule has 0 aliphatic heterocycles. The lowest BCUT2D eigenvalue weighted by Gasteiger charge is -2.16. The number of nitrogens with zero attached hydrogens (tertiary/aromatic N) is 2. The van der Waals surface area contributed by atoms with Gasteiger partial charge in [-0.3, -0.25) is 0 Å². The Morgan fingerprint density at radius 1 is 1.16 bits per heavy atom. The van der Waals surface area contributed by atoms with Crippen LogP contribution in [0.2, 0.25) is 0 Å². The first-order valence-corrected chi connectivity index (χ1v) is 8.26. The van der Waals surface area contributed by atoms with E-state index >= 15 is 0 Å². The second-order valence-corrected chi connectivity index (χ2v) is 6.73. The maximum Gasteiger partial charge on any atom is 0.185 e. The molecule has 0 aromatic carbocycles. The van der Waals surface area contributed by atoms with Gasteiger partial charge in [0.1, 0.15) is 0 Å². The topological polar surface area (TPSA) is 28.2 Å². The molecule has 19 heavy (non-hydrogen) atoms. The van der Waals surface area contributed by atoms with Gasteiger partial charge < -0.3 is 10.2 Å². The van der Waals surface area contributed by atoms with Gasteiger partial charge in [0.05, 0.1) is 5.69 Å². The summed E-state index contributed by atoms with van der Waals surface area (Å²) in [4.78, 5) is 8.62. The second-order valence-electron chi connectivity index (χ2n) is 5.67. The number of nitrogens with one attached hydrogen (secondary N) is 1. The van der Waals surface area contributed by atoms with Gasteiger partial charge in [0, 0.05) is 30.6 Å². The molecule has 0 unspecified atom stereocenters. The molecule has 1 aromatic heterocycles. The maximum absolute atomic E-state index is 4.87. The van der Waals surface area contributed by atoms with Crippen molar-refractivity contribution in [2.75, 3.05) is 18.0 Å². The van der Waals surface area contributed by atoms with Crippen LogP contribution in [0.1, 0.15) is 52.1 Å². The van der Waals surface area contributed by atoms with E-state index in [1.807, 2.05) is 11.3 Å². The van der Waals surface area contributed by atoms with Crippen molar-refractivity contribution in [2.24, 2.45) is 5.92 Å². The highest BCUT2D eigenvalue weighted by Gasteiger charge is 2.15. The lowest BCUT2D eigenvalue weighted by atomic mass is 10.1. The summed E-state index contributed by atoms with van der Waals surface area (Å²) in [6.07, 6.45) is 1.08. The van der Waals surface area contributed by atoms with Gasteiger partial charge in [0.2, 0.25) is 0 Å². The predicted octanol–water partition coefficient (Wildman–Crippen LogP) is 3.69. The van der Waals surface area contributed by atoms with Crippen molar-refractivity contribution >= 4 is 16.5 Å². The Bertz CT molecular complexity index is 367. The molecule has 3 nitrogen and oxygen atoms in total. The number of rotatable bonds is 8. The van der Waals surface area contributed by atoms with E-state index in [2.05, 4.69) is 51.8 Å². The first-order chi connectivity index (χ1) is 8.97. The van der Waals surface area contributed by atoms with E-state index in [1.165, 1.54) is 15.7 Å². The lowest BCUT2D eigenvalue weighted by molar-refractivity contribution is 0.581. The van der Waals surface area contributed by atoms with Crippen LogP contribution in [0.15, 0.2) is 0 Å². The SMILES string of the molecule is CCN(CC)c1nc(CC(C)C)c(CNC(C)C)s1. The molecule has 0 radical (unpaired) electrons. The minimum atomic E-state index is 0.519. The van der Waals surface area contributed by atoms with Crippen molar-refractivity contribution in [1.82, 2.24) is 10.3 Å². The third-order valence-corrected chi connectivity index (χ3v) is 4.23. The van der Waals surface area contributed by atoms with Gasteiger partial charge in [-0.2, -0.15) is 0 Å². The Balaban J connectivity index is 2.90. The van der Waals surface area contributed by atoms with Gasteiger partial charge in [-0.15, -0.1) is 11.3 Å². The van der Waals surface area contributed by atoms with Crippen LogP contribution in [0.25, 0.3) is 0 Å². The van der Waals surface area contributed by atoms with E-state index in [1.54, 1.807) is 0 Å². The van der Waals surface area contributed by atoms with Gasteiger partial charge in [-0.1, -0.05) is 27.7 Å². The first kappa shape index (κ1) is 16.4. The molecule has 0 bridgehead atoms. The molecular weight excluding hydrogens is 254 g/mol. The third-order valence-electron chi connectivity index (χ3n) is 3.07. The molecule has 110 valence electrons. The summed E-state index contributed by atoms with van der Waals surface area (Å²) >= 11 is 1.85. The van der Waals surface area contributed by atoms with E-state index in [-0.39, 0.29) is 0 Å². The minimum Gasteiger partial charge on any atom is -0.349 e. The average molecular weight is 283 g/mol. The normalized spacial score (nSPS) is 11.6. The van der Waals surface area contributed by atoms with Crippen molar-refractivity contribution in [3.8, 4) is 0 Å². The van der Waals surface area contributed by atoms with Crippen molar-refractivity contribution in [2.45, 2.75) is 60.5 Å². The fourth-order valence-corrected chi connectivity index (χ4v) is 3.15. The van der Waals surface area contributed by atoms with Gasteiger partial charge in [0.25, 0.3) is 0 Å². The Labute approximate surface area is 122 Å². The van der Waals surface area contributed by atoms with Crippen molar-refractivity contribution in [1.29, 1.82) is 0 Å². The maximum atomic E-state index is 4.87. The summed E-state index contributed by atoms with van der Waals surface area (Å²) < 4.78 is 0. The number of hydrogen-bond donors (Lipinski definition) is 1. The number of hydrogen-bond acceptors (Lipinski definition) is 4. The van der Waals surface area contributed by atoms with E-state index in [4.69, 9.17) is 4.98 Å². The number of thiazole rings is 1. The van der Waals surface area contributed by atoms with Gasteiger partial charge in [0.15, 0.2) is 5.13 Å². The van der Waals surface area contributed by atoms with E-state index in [9.17, 15) is 0 Å². The Morgan fingerprint density at radius 2 is 1.79 bits per heavy atom. The molecule has 0 fully saturated rings. The van der Waals surface area contributed by atoms with Gasteiger partial charge in [-0.05, 0) is 26.2 Å². The summed E-state index contributed by atoms with van der Waals surface area (Å²) in [5, 5.41) is 4.70. The van der Waals surface area contributed by atoms with Gasteiger partial charge >= 0.3 is 0 Å². The van der Waals surface area contributed by atoms with Crippen LogP contribution in [-0.2, 0) is 13.0 Å². The molecule has 1 aromatic rings. The van der Waals surface area contributed by atoms with Crippen molar-refractivity contribution in [3.05, 3.63) is 10.6 Å². The van der Waals surface area contributed by atoms with Gasteiger partial charge in [-0.25, -0.2) is 4.98 Å². The summed E-state index contributed by atoms with van der Waals surface area (Å²) in [5.74, 6) is 0.657. The Kier molecular flexibility index (Phi) is 6.80. The molecule has 4 heteroatoms. The summed E-state index contributed by atoms with van der Waals surface area (Å²) in [7, 11) is 0. The number of anilines is 1. The van der Waals surface area contributed by atoms with Crippen LogP contribution in [0.3, 0.4) is 0 Å². The molecule has 1 N–H and O–H groups in total. The molecule has 1 heterocycles. The highest BCUT2D eigenvalue weighted by molar-refractivity contribution is 7.15. The largest absolute Gasteiger partial charge is 0.349 e. The average Bonchev–Trinajstić information content (AvgIpc) is 2.70. The van der Waals surface area contributed by atoms with Crippen LogP contribution in [0.4, 0.5) is 5.13 Å². The lowest BCUT2D eigenvalue weighted by Crippen LogP contribution is -2.22. The van der Waals surface area contributed by atoms with Crippen molar-refractivity contribution < 1.29 is 0 Å². The molecule has 0 aliphatic rings. The summed E-state index contributed by atoms with van der Waals surface area (Å²) in [5.41, 5.74) is 1.29. The highest BCUT2D eigenvalue weighted by atomic mass is 32.1. The zero-order valence-electron chi connectivity index (χ0n) is 13.3. The fourth-order valence-electron chi connectivity index (χ4n) is 1.98. The summed E-state index contributed by atoms with van der Waals surface area (Å²) in [6, 6.07) is 0.519. The van der Waals surface area contributed by atoms with E-state index < -0.39 is 0 Å².